The van der Waals surface area contributed by atoms with Crippen molar-refractivity contribution in [3.8, 4) is 0 Å². The van der Waals surface area contributed by atoms with Crippen LogP contribution in [0.4, 0.5) is 0 Å². The van der Waals surface area contributed by atoms with E-state index in [0.717, 1.165) is 19.3 Å². The first-order valence-corrected chi connectivity index (χ1v) is 6.15. The van der Waals surface area contributed by atoms with Crippen molar-refractivity contribution in [2.24, 2.45) is 11.3 Å². The van der Waals surface area contributed by atoms with Crippen LogP contribution in [-0.2, 0) is 10.1 Å². The Morgan fingerprint density at radius 1 is 1.46 bits per heavy atom. The van der Waals surface area contributed by atoms with Gasteiger partial charge in [-0.2, -0.15) is 8.42 Å². The minimum Gasteiger partial charge on any atom is -0.393 e. The highest BCUT2D eigenvalue weighted by Gasteiger charge is 2.53. The van der Waals surface area contributed by atoms with Crippen LogP contribution in [0.15, 0.2) is 0 Å². The highest BCUT2D eigenvalue weighted by Crippen LogP contribution is 2.54. The number of rotatable bonds is 2. The molecule has 2 aliphatic rings. The molecule has 3 atom stereocenters. The highest BCUT2D eigenvalue weighted by atomic mass is 32.2. The lowest BCUT2D eigenvalue weighted by atomic mass is 9.84. The van der Waals surface area contributed by atoms with Gasteiger partial charge in [0.2, 0.25) is 0 Å². The monoisotopic (exact) mass is 206 g/mol. The molecule has 0 amide bonds. The van der Waals surface area contributed by atoms with Crippen molar-refractivity contribution < 1.29 is 18.1 Å². The first-order valence-electron chi connectivity index (χ1n) is 4.55. The molecule has 0 aromatic carbocycles. The van der Waals surface area contributed by atoms with Gasteiger partial charge in [-0.1, -0.05) is 0 Å². The van der Waals surface area contributed by atoms with E-state index < -0.39 is 21.6 Å². The lowest BCUT2D eigenvalue weighted by Gasteiger charge is -2.29. The van der Waals surface area contributed by atoms with E-state index in [1.54, 1.807) is 0 Å². The molecule has 2 rings (SSSR count). The van der Waals surface area contributed by atoms with Gasteiger partial charge in [-0.05, 0) is 31.6 Å². The molecular formula is C8H14O4S. The molecule has 2 N–H and O–H groups in total. The van der Waals surface area contributed by atoms with E-state index in [0.29, 0.717) is 12.3 Å². The van der Waals surface area contributed by atoms with E-state index >= 15 is 0 Å². The quantitative estimate of drug-likeness (QED) is 0.642. The fourth-order valence-corrected chi connectivity index (χ4v) is 4.11. The SMILES string of the molecule is O=S(=O)(O)CC12CCC(CC1O)C2. The number of aliphatic hydroxyl groups excluding tert-OH is 1. The zero-order valence-electron chi connectivity index (χ0n) is 7.31. The average molecular weight is 206 g/mol. The topological polar surface area (TPSA) is 74.6 Å². The van der Waals surface area contributed by atoms with Crippen molar-refractivity contribution in [2.45, 2.75) is 31.8 Å². The summed E-state index contributed by atoms with van der Waals surface area (Å²) >= 11 is 0. The summed E-state index contributed by atoms with van der Waals surface area (Å²) in [6.45, 7) is 0. The van der Waals surface area contributed by atoms with Gasteiger partial charge < -0.3 is 5.11 Å². The van der Waals surface area contributed by atoms with Crippen LogP contribution in [-0.4, -0.2) is 29.9 Å². The first-order chi connectivity index (χ1) is 5.91. The van der Waals surface area contributed by atoms with Crippen LogP contribution >= 0.6 is 0 Å². The van der Waals surface area contributed by atoms with Crippen molar-refractivity contribution in [1.29, 1.82) is 0 Å². The maximum atomic E-state index is 10.8. The fraction of sp³-hybridized carbons (Fsp3) is 1.00. The molecular weight excluding hydrogens is 192 g/mol. The minimum atomic E-state index is -3.94. The average Bonchev–Trinajstić information content (AvgIpc) is 2.39. The van der Waals surface area contributed by atoms with Gasteiger partial charge in [0.1, 0.15) is 0 Å². The van der Waals surface area contributed by atoms with E-state index in [9.17, 15) is 13.5 Å². The molecule has 2 saturated carbocycles. The maximum Gasteiger partial charge on any atom is 0.265 e. The Morgan fingerprint density at radius 2 is 2.15 bits per heavy atom. The molecule has 0 saturated heterocycles. The van der Waals surface area contributed by atoms with Crippen molar-refractivity contribution in [3.63, 3.8) is 0 Å². The number of hydrogen-bond acceptors (Lipinski definition) is 3. The third-order valence-electron chi connectivity index (χ3n) is 3.48. The Morgan fingerprint density at radius 3 is 2.54 bits per heavy atom. The fourth-order valence-electron chi connectivity index (χ4n) is 2.93. The normalized spacial score (nSPS) is 44.2. The van der Waals surface area contributed by atoms with E-state index in [-0.39, 0.29) is 5.75 Å². The maximum absolute atomic E-state index is 10.8. The zero-order valence-corrected chi connectivity index (χ0v) is 8.13. The Labute approximate surface area is 77.7 Å². The van der Waals surface area contributed by atoms with Crippen LogP contribution in [0.2, 0.25) is 0 Å². The Balaban J connectivity index is 2.20. The zero-order chi connectivity index (χ0) is 9.69. The molecule has 13 heavy (non-hydrogen) atoms. The lowest BCUT2D eigenvalue weighted by Crippen LogP contribution is -2.36. The summed E-state index contributed by atoms with van der Waals surface area (Å²) in [4.78, 5) is 0. The molecule has 0 radical (unpaired) electrons. The highest BCUT2D eigenvalue weighted by molar-refractivity contribution is 7.85. The molecule has 0 aromatic rings. The van der Waals surface area contributed by atoms with E-state index in [2.05, 4.69) is 0 Å². The molecule has 2 aliphatic carbocycles. The van der Waals surface area contributed by atoms with Gasteiger partial charge in [0.15, 0.2) is 0 Å². The molecule has 0 spiro atoms. The number of aliphatic hydroxyl groups is 1. The van der Waals surface area contributed by atoms with Crippen LogP contribution in [0.3, 0.4) is 0 Å². The number of fused-ring (bicyclic) bond motifs is 2. The second-order valence-electron chi connectivity index (χ2n) is 4.45. The molecule has 4 nitrogen and oxygen atoms in total. The molecule has 3 unspecified atom stereocenters. The summed E-state index contributed by atoms with van der Waals surface area (Å²) in [6, 6.07) is 0. The van der Waals surface area contributed by atoms with Crippen molar-refractivity contribution in [3.05, 3.63) is 0 Å². The summed E-state index contributed by atoms with van der Waals surface area (Å²) in [6.07, 6.45) is 2.66. The van der Waals surface area contributed by atoms with Crippen molar-refractivity contribution in [1.82, 2.24) is 0 Å². The molecule has 0 aliphatic heterocycles. The smallest absolute Gasteiger partial charge is 0.265 e. The summed E-state index contributed by atoms with van der Waals surface area (Å²) in [7, 11) is -3.94. The molecule has 2 fully saturated rings. The Kier molecular flexibility index (Phi) is 1.94. The Bertz CT molecular complexity index is 310. The largest absolute Gasteiger partial charge is 0.393 e. The first kappa shape index (κ1) is 9.43. The van der Waals surface area contributed by atoms with E-state index in [4.69, 9.17) is 4.55 Å². The van der Waals surface area contributed by atoms with Crippen LogP contribution in [0, 0.1) is 11.3 Å². The third kappa shape index (κ3) is 1.60. The van der Waals surface area contributed by atoms with Crippen LogP contribution in [0.25, 0.3) is 0 Å². The summed E-state index contributed by atoms with van der Waals surface area (Å²) < 4.78 is 30.3. The van der Waals surface area contributed by atoms with Crippen molar-refractivity contribution >= 4 is 10.1 Å². The lowest BCUT2D eigenvalue weighted by molar-refractivity contribution is 0.0542. The Hall–Kier alpha value is -0.130. The third-order valence-corrected chi connectivity index (χ3v) is 4.42. The van der Waals surface area contributed by atoms with Crippen LogP contribution < -0.4 is 0 Å². The molecule has 0 heterocycles. The van der Waals surface area contributed by atoms with Gasteiger partial charge >= 0.3 is 0 Å². The molecule has 5 heteroatoms. The van der Waals surface area contributed by atoms with E-state index in [1.807, 2.05) is 0 Å². The van der Waals surface area contributed by atoms with Gasteiger partial charge in [0, 0.05) is 5.41 Å². The standard InChI is InChI=1S/C8H14O4S/c9-7-3-6-1-2-8(7,4-6)5-13(10,11)12/h6-7,9H,1-5H2,(H,10,11,12). The summed E-state index contributed by atoms with van der Waals surface area (Å²) in [5.41, 5.74) is -0.530. The van der Waals surface area contributed by atoms with Gasteiger partial charge in [-0.15, -0.1) is 0 Å². The van der Waals surface area contributed by atoms with Crippen LogP contribution in [0.1, 0.15) is 25.7 Å². The second kappa shape index (κ2) is 2.68. The molecule has 76 valence electrons. The van der Waals surface area contributed by atoms with Crippen molar-refractivity contribution in [2.75, 3.05) is 5.75 Å². The summed E-state index contributed by atoms with van der Waals surface area (Å²) in [5, 5.41) is 9.66. The minimum absolute atomic E-state index is 0.266. The number of hydrogen-bond donors (Lipinski definition) is 2. The van der Waals surface area contributed by atoms with E-state index in [1.165, 1.54) is 0 Å². The summed E-state index contributed by atoms with van der Waals surface area (Å²) in [5.74, 6) is 0.203. The van der Waals surface area contributed by atoms with Crippen LogP contribution in [0.5, 0.6) is 0 Å². The predicted octanol–water partition coefficient (Wildman–Crippen LogP) is 0.425. The van der Waals surface area contributed by atoms with Gasteiger partial charge in [-0.25, -0.2) is 0 Å². The molecule has 2 bridgehead atoms. The van der Waals surface area contributed by atoms with Gasteiger partial charge in [0.05, 0.1) is 11.9 Å². The van der Waals surface area contributed by atoms with Gasteiger partial charge in [0.25, 0.3) is 10.1 Å². The van der Waals surface area contributed by atoms with Gasteiger partial charge in [-0.3, -0.25) is 4.55 Å². The predicted molar refractivity (Wildman–Crippen MR) is 46.8 cm³/mol. The molecule has 0 aromatic heterocycles. The second-order valence-corrected chi connectivity index (χ2v) is 5.90.